The molecule has 2 N–H and O–H groups in total. The molecule has 2 nitrogen and oxygen atoms in total. The summed E-state index contributed by atoms with van der Waals surface area (Å²) >= 11 is 0. The normalized spacial score (nSPS) is 50.6. The SMILES string of the molecule is C[C@H](CCC1(O)CCC(F)(F)CC1)[C@H]1CC[C@H]2[C@@H]3CC[C@H]4C[C@@](C)(O)CC[C@]4(C)[C@H]3CC[C@]12C. The average molecular weight is 481 g/mol. The standard InChI is InChI=1S/C30H50F2O2/c1-20(9-12-29(34)15-17-30(31,32)18-16-29)23-7-8-24-22-6-5-21-19-26(2,33)13-14-27(21,3)25(22)10-11-28(23,24)4/h20-25,33-34H,5-19H2,1-4H3/t20-,21+,22+,23-,24+,25+,26+,27+,28-/m1/s1. The highest BCUT2D eigenvalue weighted by atomic mass is 19.3. The molecule has 0 amide bonds. The summed E-state index contributed by atoms with van der Waals surface area (Å²) < 4.78 is 27.2. The van der Waals surface area contributed by atoms with Crippen molar-refractivity contribution < 1.29 is 19.0 Å². The van der Waals surface area contributed by atoms with E-state index in [1.54, 1.807) is 0 Å². The van der Waals surface area contributed by atoms with E-state index in [1.807, 2.05) is 0 Å². The molecule has 0 aromatic rings. The van der Waals surface area contributed by atoms with Crippen LogP contribution in [0.5, 0.6) is 0 Å². The van der Waals surface area contributed by atoms with Crippen LogP contribution in [0.4, 0.5) is 8.78 Å². The highest BCUT2D eigenvalue weighted by Crippen LogP contribution is 2.69. The largest absolute Gasteiger partial charge is 0.390 e. The van der Waals surface area contributed by atoms with Gasteiger partial charge in [-0.3, -0.25) is 0 Å². The number of hydrogen-bond donors (Lipinski definition) is 2. The fraction of sp³-hybridized carbons (Fsp3) is 1.00. The van der Waals surface area contributed by atoms with Gasteiger partial charge in [0.15, 0.2) is 0 Å². The number of alkyl halides is 2. The summed E-state index contributed by atoms with van der Waals surface area (Å²) in [6.07, 6.45) is 13.0. The van der Waals surface area contributed by atoms with Crippen LogP contribution in [0.3, 0.4) is 0 Å². The van der Waals surface area contributed by atoms with Crippen molar-refractivity contribution in [2.75, 3.05) is 0 Å². The first-order valence-corrected chi connectivity index (χ1v) is 14.6. The lowest BCUT2D eigenvalue weighted by Gasteiger charge is -2.62. The molecule has 4 heteroatoms. The van der Waals surface area contributed by atoms with E-state index in [0.29, 0.717) is 35.0 Å². The van der Waals surface area contributed by atoms with Crippen LogP contribution in [0.25, 0.3) is 0 Å². The van der Waals surface area contributed by atoms with Gasteiger partial charge in [0.25, 0.3) is 0 Å². The van der Waals surface area contributed by atoms with Gasteiger partial charge in [0.05, 0.1) is 11.2 Å². The van der Waals surface area contributed by atoms with Crippen LogP contribution >= 0.6 is 0 Å². The summed E-state index contributed by atoms with van der Waals surface area (Å²) in [5.41, 5.74) is -0.539. The molecule has 5 saturated carbocycles. The van der Waals surface area contributed by atoms with Gasteiger partial charge >= 0.3 is 0 Å². The highest BCUT2D eigenvalue weighted by Gasteiger charge is 2.61. The van der Waals surface area contributed by atoms with E-state index in [1.165, 1.54) is 44.9 Å². The molecule has 0 spiro atoms. The number of rotatable bonds is 4. The zero-order chi connectivity index (χ0) is 24.6. The Morgan fingerprint density at radius 3 is 2.15 bits per heavy atom. The summed E-state index contributed by atoms with van der Waals surface area (Å²) in [5.74, 6) is 1.83. The van der Waals surface area contributed by atoms with E-state index in [0.717, 1.165) is 37.0 Å². The molecular formula is C30H50F2O2. The molecule has 0 aromatic heterocycles. The summed E-state index contributed by atoms with van der Waals surface area (Å²) in [5, 5.41) is 21.7. The van der Waals surface area contributed by atoms with Gasteiger partial charge in [0.1, 0.15) is 0 Å². The Kier molecular flexibility index (Phi) is 6.28. The number of halogens is 2. The maximum atomic E-state index is 13.6. The predicted octanol–water partition coefficient (Wildman–Crippen LogP) is 7.75. The van der Waals surface area contributed by atoms with Crippen molar-refractivity contribution in [1.29, 1.82) is 0 Å². The maximum absolute atomic E-state index is 13.6. The Labute approximate surface area is 206 Å². The smallest absolute Gasteiger partial charge is 0.248 e. The molecule has 5 aliphatic rings. The van der Waals surface area contributed by atoms with Gasteiger partial charge in [-0.1, -0.05) is 20.8 Å². The molecule has 0 heterocycles. The lowest BCUT2D eigenvalue weighted by molar-refractivity contribution is -0.148. The molecule has 0 radical (unpaired) electrons. The molecule has 0 unspecified atom stereocenters. The van der Waals surface area contributed by atoms with Crippen molar-refractivity contribution in [2.45, 2.75) is 141 Å². The van der Waals surface area contributed by atoms with E-state index < -0.39 is 17.1 Å². The molecular weight excluding hydrogens is 430 g/mol. The fourth-order valence-corrected chi connectivity index (χ4v) is 10.4. The van der Waals surface area contributed by atoms with Crippen molar-refractivity contribution in [3.05, 3.63) is 0 Å². The second kappa shape index (κ2) is 8.40. The van der Waals surface area contributed by atoms with Crippen molar-refractivity contribution in [1.82, 2.24) is 0 Å². The minimum absolute atomic E-state index is 0.153. The zero-order valence-corrected chi connectivity index (χ0v) is 22.2. The molecule has 0 aromatic carbocycles. The second-order valence-electron chi connectivity index (χ2n) is 14.7. The van der Waals surface area contributed by atoms with Gasteiger partial charge in [0, 0.05) is 12.8 Å². The summed E-state index contributed by atoms with van der Waals surface area (Å²) in [6.45, 7) is 9.58. The van der Waals surface area contributed by atoms with Crippen LogP contribution in [0.15, 0.2) is 0 Å². The van der Waals surface area contributed by atoms with Gasteiger partial charge in [-0.15, -0.1) is 0 Å². The Balaban J connectivity index is 1.24. The molecule has 0 saturated heterocycles. The van der Waals surface area contributed by atoms with Crippen molar-refractivity contribution >= 4 is 0 Å². The van der Waals surface area contributed by atoms with Crippen molar-refractivity contribution in [3.8, 4) is 0 Å². The summed E-state index contributed by atoms with van der Waals surface area (Å²) in [6, 6.07) is 0. The summed E-state index contributed by atoms with van der Waals surface area (Å²) in [4.78, 5) is 0. The van der Waals surface area contributed by atoms with E-state index >= 15 is 0 Å². The molecule has 9 atom stereocenters. The molecule has 0 aliphatic heterocycles. The minimum atomic E-state index is -2.58. The Morgan fingerprint density at radius 2 is 1.44 bits per heavy atom. The van der Waals surface area contributed by atoms with Gasteiger partial charge < -0.3 is 10.2 Å². The molecule has 196 valence electrons. The first-order chi connectivity index (χ1) is 15.8. The first kappa shape index (κ1) is 25.4. The zero-order valence-electron chi connectivity index (χ0n) is 22.2. The van der Waals surface area contributed by atoms with Crippen LogP contribution in [-0.2, 0) is 0 Å². The molecule has 34 heavy (non-hydrogen) atoms. The van der Waals surface area contributed by atoms with Crippen LogP contribution in [0.2, 0.25) is 0 Å². The molecule has 5 fully saturated rings. The molecule has 0 bridgehead atoms. The predicted molar refractivity (Wildman–Crippen MR) is 133 cm³/mol. The topological polar surface area (TPSA) is 40.5 Å². The van der Waals surface area contributed by atoms with Crippen LogP contribution in [0, 0.1) is 46.3 Å². The van der Waals surface area contributed by atoms with Gasteiger partial charge in [-0.2, -0.15) is 0 Å². The van der Waals surface area contributed by atoms with Gasteiger partial charge in [0.2, 0.25) is 5.92 Å². The van der Waals surface area contributed by atoms with Crippen LogP contribution in [0.1, 0.15) is 124 Å². The lowest BCUT2D eigenvalue weighted by Crippen LogP contribution is -2.55. The third kappa shape index (κ3) is 4.29. The van der Waals surface area contributed by atoms with Crippen molar-refractivity contribution in [2.24, 2.45) is 46.3 Å². The molecule has 5 rings (SSSR count). The van der Waals surface area contributed by atoms with E-state index in [-0.39, 0.29) is 25.7 Å². The van der Waals surface area contributed by atoms with E-state index in [2.05, 4.69) is 27.7 Å². The minimum Gasteiger partial charge on any atom is -0.390 e. The first-order valence-electron chi connectivity index (χ1n) is 14.6. The van der Waals surface area contributed by atoms with Crippen LogP contribution < -0.4 is 0 Å². The lowest BCUT2D eigenvalue weighted by atomic mass is 9.43. The third-order valence-electron chi connectivity index (χ3n) is 12.7. The van der Waals surface area contributed by atoms with Gasteiger partial charge in [-0.05, 0) is 137 Å². The number of hydrogen-bond acceptors (Lipinski definition) is 2. The Hall–Kier alpha value is -0.220. The average Bonchev–Trinajstić information content (AvgIpc) is 3.12. The van der Waals surface area contributed by atoms with Crippen molar-refractivity contribution in [3.63, 3.8) is 0 Å². The second-order valence-corrected chi connectivity index (χ2v) is 14.7. The quantitative estimate of drug-likeness (QED) is 0.432. The third-order valence-corrected chi connectivity index (χ3v) is 12.7. The highest BCUT2D eigenvalue weighted by molar-refractivity contribution is 5.10. The summed E-state index contributed by atoms with van der Waals surface area (Å²) in [7, 11) is 0. The van der Waals surface area contributed by atoms with Gasteiger partial charge in [-0.25, -0.2) is 8.78 Å². The van der Waals surface area contributed by atoms with Crippen LogP contribution in [-0.4, -0.2) is 27.3 Å². The van der Waals surface area contributed by atoms with E-state index in [4.69, 9.17) is 0 Å². The monoisotopic (exact) mass is 480 g/mol. The number of fused-ring (bicyclic) bond motifs is 5. The van der Waals surface area contributed by atoms with E-state index in [9.17, 15) is 19.0 Å². The molecule has 5 aliphatic carbocycles. The Bertz CT molecular complexity index is 755. The Morgan fingerprint density at radius 1 is 0.765 bits per heavy atom. The fourth-order valence-electron chi connectivity index (χ4n) is 10.4. The number of aliphatic hydroxyl groups is 2. The maximum Gasteiger partial charge on any atom is 0.248 e.